The molecule has 0 spiro atoms. The van der Waals surface area contributed by atoms with Crippen molar-refractivity contribution in [1.29, 1.82) is 0 Å². The van der Waals surface area contributed by atoms with Crippen LogP contribution in [-0.2, 0) is 11.3 Å². The lowest BCUT2D eigenvalue weighted by molar-refractivity contribution is -0.137. The highest BCUT2D eigenvalue weighted by atomic mass is 35.5. The van der Waals surface area contributed by atoms with E-state index >= 15 is 0 Å². The van der Waals surface area contributed by atoms with Gasteiger partial charge in [0.25, 0.3) is 0 Å². The fourth-order valence-corrected chi connectivity index (χ4v) is 2.52. The van der Waals surface area contributed by atoms with E-state index < -0.39 is 0 Å². The number of hydrogen-bond donors (Lipinski definition) is 1. The van der Waals surface area contributed by atoms with Crippen LogP contribution in [-0.4, -0.2) is 39.7 Å². The van der Waals surface area contributed by atoms with Crippen molar-refractivity contribution in [2.24, 2.45) is 17.6 Å². The van der Waals surface area contributed by atoms with Crippen molar-refractivity contribution in [2.75, 3.05) is 13.1 Å². The molecule has 2 heterocycles. The topological polar surface area (TPSA) is 64.2 Å². The lowest BCUT2D eigenvalue weighted by Gasteiger charge is -2.34. The fourth-order valence-electron chi connectivity index (χ4n) is 2.52. The third-order valence-corrected chi connectivity index (χ3v) is 4.11. The molecule has 2 unspecified atom stereocenters. The average molecular weight is 337 g/mol. The van der Waals surface area contributed by atoms with Crippen LogP contribution in [0.4, 0.5) is 0 Å². The number of amides is 1. The number of carbonyl (C=O) groups is 1. The smallest absolute Gasteiger partial charge is 0.226 e. The maximum absolute atomic E-state index is 12.2. The molecule has 0 radical (unpaired) electrons. The van der Waals surface area contributed by atoms with E-state index in [0.29, 0.717) is 5.92 Å². The molecule has 1 aromatic heterocycles. The van der Waals surface area contributed by atoms with Gasteiger partial charge in [0.05, 0.1) is 5.92 Å². The molecule has 2 N–H and O–H groups in total. The number of likely N-dealkylation sites (tertiary alicyclic amines) is 1. The van der Waals surface area contributed by atoms with E-state index in [2.05, 4.69) is 5.10 Å². The number of piperidine rings is 1. The van der Waals surface area contributed by atoms with Crippen molar-refractivity contribution >= 4 is 30.7 Å². The van der Waals surface area contributed by atoms with Gasteiger partial charge in [0.15, 0.2) is 0 Å². The molecule has 122 valence electrons. The summed E-state index contributed by atoms with van der Waals surface area (Å²) in [5.41, 5.74) is 5.80. The predicted octanol–water partition coefficient (Wildman–Crippen LogP) is 1.95. The van der Waals surface area contributed by atoms with Crippen molar-refractivity contribution in [3.63, 3.8) is 0 Å². The summed E-state index contributed by atoms with van der Waals surface area (Å²) in [6.07, 6.45) is 5.91. The second-order valence-electron chi connectivity index (χ2n) is 5.64. The molecule has 21 heavy (non-hydrogen) atoms. The van der Waals surface area contributed by atoms with Gasteiger partial charge in [-0.1, -0.05) is 6.92 Å². The molecule has 0 saturated carbocycles. The van der Waals surface area contributed by atoms with Gasteiger partial charge in [0.1, 0.15) is 0 Å². The number of hydrogen-bond acceptors (Lipinski definition) is 3. The Kier molecular flexibility index (Phi) is 8.94. The lowest BCUT2D eigenvalue weighted by atomic mass is 9.94. The van der Waals surface area contributed by atoms with E-state index in [1.54, 1.807) is 0 Å². The summed E-state index contributed by atoms with van der Waals surface area (Å²) in [4.78, 5) is 14.2. The Morgan fingerprint density at radius 1 is 1.33 bits per heavy atom. The maximum Gasteiger partial charge on any atom is 0.226 e. The molecular formula is C14H26Cl2N4O. The van der Waals surface area contributed by atoms with Crippen molar-refractivity contribution in [1.82, 2.24) is 14.7 Å². The molecule has 1 aromatic rings. The van der Waals surface area contributed by atoms with Crippen molar-refractivity contribution in [3.05, 3.63) is 18.5 Å². The normalized spacial score (nSPS) is 18.3. The number of nitrogens with zero attached hydrogens (tertiary/aromatic N) is 3. The van der Waals surface area contributed by atoms with E-state index in [-0.39, 0.29) is 42.7 Å². The largest absolute Gasteiger partial charge is 0.342 e. The van der Waals surface area contributed by atoms with E-state index in [1.807, 2.05) is 41.9 Å². The van der Waals surface area contributed by atoms with Crippen molar-refractivity contribution in [2.45, 2.75) is 39.3 Å². The van der Waals surface area contributed by atoms with Gasteiger partial charge in [0, 0.05) is 38.1 Å². The summed E-state index contributed by atoms with van der Waals surface area (Å²) in [7, 11) is 0. The van der Waals surface area contributed by atoms with Crippen molar-refractivity contribution in [3.8, 4) is 0 Å². The number of halogens is 2. The Morgan fingerprint density at radius 3 is 2.43 bits per heavy atom. The molecule has 2 atom stereocenters. The fraction of sp³-hybridized carbons (Fsp3) is 0.714. The highest BCUT2D eigenvalue weighted by Crippen LogP contribution is 2.20. The molecule has 1 saturated heterocycles. The number of rotatable bonds is 4. The summed E-state index contributed by atoms with van der Waals surface area (Å²) in [6.45, 7) is 6.47. The van der Waals surface area contributed by atoms with E-state index in [4.69, 9.17) is 5.73 Å². The lowest BCUT2D eigenvalue weighted by Crippen LogP contribution is -2.45. The zero-order chi connectivity index (χ0) is 13.8. The monoisotopic (exact) mass is 336 g/mol. The Balaban J connectivity index is 0.00000200. The van der Waals surface area contributed by atoms with Gasteiger partial charge < -0.3 is 10.6 Å². The van der Waals surface area contributed by atoms with E-state index in [0.717, 1.165) is 32.5 Å². The van der Waals surface area contributed by atoms with Crippen LogP contribution in [0.2, 0.25) is 0 Å². The first-order valence-electron chi connectivity index (χ1n) is 7.09. The van der Waals surface area contributed by atoms with Crippen LogP contribution < -0.4 is 5.73 Å². The van der Waals surface area contributed by atoms with Gasteiger partial charge in [-0.15, -0.1) is 24.8 Å². The Hall–Kier alpha value is -0.780. The Bertz CT molecular complexity index is 403. The van der Waals surface area contributed by atoms with Gasteiger partial charge in [-0.3, -0.25) is 9.48 Å². The zero-order valence-corrected chi connectivity index (χ0v) is 14.3. The molecule has 1 aliphatic rings. The van der Waals surface area contributed by atoms with Crippen LogP contribution in [0.25, 0.3) is 0 Å². The summed E-state index contributed by atoms with van der Waals surface area (Å²) in [5.74, 6) is 0.741. The first-order chi connectivity index (χ1) is 9.08. The highest BCUT2D eigenvalue weighted by Gasteiger charge is 2.27. The van der Waals surface area contributed by atoms with Gasteiger partial charge in [-0.05, 0) is 31.7 Å². The van der Waals surface area contributed by atoms with Gasteiger partial charge >= 0.3 is 0 Å². The maximum atomic E-state index is 12.2. The summed E-state index contributed by atoms with van der Waals surface area (Å²) in [5, 5.41) is 4.24. The van der Waals surface area contributed by atoms with Crippen LogP contribution in [0, 0.1) is 11.8 Å². The highest BCUT2D eigenvalue weighted by molar-refractivity contribution is 5.85. The van der Waals surface area contributed by atoms with Gasteiger partial charge in [-0.25, -0.2) is 0 Å². The third kappa shape index (κ3) is 5.49. The number of carbonyl (C=O) groups excluding carboxylic acids is 1. The van der Waals surface area contributed by atoms with Crippen LogP contribution in [0.15, 0.2) is 18.5 Å². The molecule has 2 rings (SSSR count). The minimum absolute atomic E-state index is 0. The SMILES string of the molecule is CC(N)C(C)C(=O)N1CCC(Cn2cccn2)CC1.Cl.Cl. The molecule has 0 bridgehead atoms. The summed E-state index contributed by atoms with van der Waals surface area (Å²) in [6, 6.07) is 1.87. The minimum Gasteiger partial charge on any atom is -0.342 e. The molecule has 1 fully saturated rings. The van der Waals surface area contributed by atoms with Gasteiger partial charge in [0.2, 0.25) is 5.91 Å². The quantitative estimate of drug-likeness (QED) is 0.913. The molecule has 0 aromatic carbocycles. The average Bonchev–Trinajstić information content (AvgIpc) is 2.90. The van der Waals surface area contributed by atoms with Crippen LogP contribution >= 0.6 is 24.8 Å². The van der Waals surface area contributed by atoms with Crippen LogP contribution in [0.3, 0.4) is 0 Å². The minimum atomic E-state index is -0.0809. The zero-order valence-electron chi connectivity index (χ0n) is 12.6. The number of nitrogens with two attached hydrogens (primary N) is 1. The van der Waals surface area contributed by atoms with Crippen LogP contribution in [0.5, 0.6) is 0 Å². The first-order valence-corrected chi connectivity index (χ1v) is 7.09. The van der Waals surface area contributed by atoms with E-state index in [1.165, 1.54) is 0 Å². The van der Waals surface area contributed by atoms with E-state index in [9.17, 15) is 4.79 Å². The Labute approximate surface area is 139 Å². The molecule has 7 heteroatoms. The second kappa shape index (κ2) is 9.28. The van der Waals surface area contributed by atoms with Crippen molar-refractivity contribution < 1.29 is 4.79 Å². The first kappa shape index (κ1) is 20.2. The number of aromatic nitrogens is 2. The molecule has 0 aliphatic carbocycles. The van der Waals surface area contributed by atoms with Crippen LogP contribution in [0.1, 0.15) is 26.7 Å². The molecule has 1 aliphatic heterocycles. The molecular weight excluding hydrogens is 311 g/mol. The predicted molar refractivity (Wildman–Crippen MR) is 88.8 cm³/mol. The van der Waals surface area contributed by atoms with Gasteiger partial charge in [-0.2, -0.15) is 5.10 Å². The molecule has 5 nitrogen and oxygen atoms in total. The summed E-state index contributed by atoms with van der Waals surface area (Å²) < 4.78 is 1.98. The standard InChI is InChI=1S/C14H24N4O.2ClH/c1-11(12(2)15)14(19)17-8-4-13(5-9-17)10-18-7-3-6-16-18;;/h3,6-7,11-13H,4-5,8-10,15H2,1-2H3;2*1H. The summed E-state index contributed by atoms with van der Waals surface area (Å²) >= 11 is 0. The third-order valence-electron chi connectivity index (χ3n) is 4.11. The Morgan fingerprint density at radius 2 is 1.95 bits per heavy atom. The second-order valence-corrected chi connectivity index (χ2v) is 5.64. The molecule has 1 amide bonds.